The quantitative estimate of drug-likeness (QED) is 0.415. The molecule has 0 bridgehead atoms. The van der Waals surface area contributed by atoms with E-state index < -0.39 is 35.5 Å². The van der Waals surface area contributed by atoms with E-state index in [4.69, 9.17) is 4.42 Å². The Morgan fingerprint density at radius 1 is 0.943 bits per heavy atom. The Morgan fingerprint density at radius 3 is 2.23 bits per heavy atom. The van der Waals surface area contributed by atoms with Gasteiger partial charge in [-0.1, -0.05) is 18.2 Å². The largest absolute Gasteiger partial charge is 0.478 e. The molecule has 2 aromatic carbocycles. The van der Waals surface area contributed by atoms with Gasteiger partial charge in [-0.15, -0.1) is 0 Å². The van der Waals surface area contributed by atoms with E-state index in [0.29, 0.717) is 17.4 Å². The maximum absolute atomic E-state index is 12.7. The van der Waals surface area contributed by atoms with Gasteiger partial charge in [-0.05, 0) is 54.2 Å². The molecule has 1 saturated heterocycles. The molecule has 0 radical (unpaired) electrons. The van der Waals surface area contributed by atoms with E-state index in [9.17, 15) is 34.2 Å². The number of carbonyl (C=O) groups is 5. The lowest BCUT2D eigenvalue weighted by molar-refractivity contribution is -0.127. The summed E-state index contributed by atoms with van der Waals surface area (Å²) in [6.45, 7) is -0.458. The second kappa shape index (κ2) is 9.69. The molecule has 176 valence electrons. The van der Waals surface area contributed by atoms with E-state index in [1.807, 2.05) is 0 Å². The van der Waals surface area contributed by atoms with Gasteiger partial charge in [0, 0.05) is 17.3 Å². The molecule has 2 heterocycles. The van der Waals surface area contributed by atoms with Gasteiger partial charge in [0.25, 0.3) is 11.1 Å². The number of carboxylic acids is 2. The first-order valence-corrected chi connectivity index (χ1v) is 10.8. The lowest BCUT2D eigenvalue weighted by Crippen LogP contribution is -2.36. The van der Waals surface area contributed by atoms with Crippen molar-refractivity contribution in [2.24, 2.45) is 0 Å². The number of nitrogens with one attached hydrogen (secondary N) is 1. The molecule has 1 aliphatic heterocycles. The Hall–Kier alpha value is -4.64. The molecule has 0 aliphatic carbocycles. The fraction of sp³-hybridized carbons (Fsp3) is 0.0417. The molecular weight excluding hydrogens is 476 g/mol. The van der Waals surface area contributed by atoms with Crippen molar-refractivity contribution in [3.8, 4) is 11.3 Å². The number of benzene rings is 2. The minimum atomic E-state index is -1.30. The molecule has 35 heavy (non-hydrogen) atoms. The van der Waals surface area contributed by atoms with Crippen LogP contribution >= 0.6 is 11.8 Å². The third-order valence-corrected chi connectivity index (χ3v) is 5.75. The first kappa shape index (κ1) is 23.5. The summed E-state index contributed by atoms with van der Waals surface area (Å²) in [6, 6.07) is 15.1. The zero-order valence-corrected chi connectivity index (χ0v) is 18.6. The average molecular weight is 492 g/mol. The van der Waals surface area contributed by atoms with Crippen LogP contribution in [0, 0.1) is 0 Å². The Labute approximate surface area is 201 Å². The number of para-hydroxylation sites is 1. The molecule has 4 rings (SSSR count). The number of anilines is 1. The molecule has 0 unspecified atom stereocenters. The fourth-order valence-electron chi connectivity index (χ4n) is 3.23. The summed E-state index contributed by atoms with van der Waals surface area (Å²) in [7, 11) is 0. The van der Waals surface area contributed by atoms with Crippen LogP contribution in [0.5, 0.6) is 0 Å². The Bertz CT molecular complexity index is 1360. The van der Waals surface area contributed by atoms with Crippen LogP contribution in [0.1, 0.15) is 26.5 Å². The summed E-state index contributed by atoms with van der Waals surface area (Å²) in [5.41, 5.74) is 0.286. The second-order valence-electron chi connectivity index (χ2n) is 7.29. The predicted octanol–water partition coefficient (Wildman–Crippen LogP) is 4.02. The van der Waals surface area contributed by atoms with Gasteiger partial charge in [0.2, 0.25) is 5.91 Å². The number of hydrogen-bond acceptors (Lipinski definition) is 7. The molecule has 1 aromatic heterocycles. The highest BCUT2D eigenvalue weighted by Crippen LogP contribution is 2.33. The zero-order chi connectivity index (χ0) is 25.1. The number of hydrogen-bond donors (Lipinski definition) is 3. The van der Waals surface area contributed by atoms with E-state index in [1.165, 1.54) is 30.3 Å². The van der Waals surface area contributed by atoms with Gasteiger partial charge < -0.3 is 19.9 Å². The van der Waals surface area contributed by atoms with Crippen LogP contribution in [0.4, 0.5) is 10.5 Å². The number of carbonyl (C=O) groups excluding carboxylic acids is 3. The number of nitrogens with zero attached hydrogens (tertiary/aromatic N) is 1. The van der Waals surface area contributed by atoms with Crippen LogP contribution in [0.2, 0.25) is 0 Å². The Kier molecular flexibility index (Phi) is 6.51. The third kappa shape index (κ3) is 5.31. The maximum Gasteiger partial charge on any atom is 0.335 e. The molecule has 3 amide bonds. The summed E-state index contributed by atoms with van der Waals surface area (Å²) in [6.07, 6.45) is 1.32. The van der Waals surface area contributed by atoms with Crippen molar-refractivity contribution in [1.29, 1.82) is 0 Å². The number of imide groups is 1. The highest BCUT2D eigenvalue weighted by atomic mass is 32.2. The summed E-state index contributed by atoms with van der Waals surface area (Å²) >= 11 is 0.646. The lowest BCUT2D eigenvalue weighted by atomic mass is 10.0. The van der Waals surface area contributed by atoms with Crippen LogP contribution in [-0.2, 0) is 9.59 Å². The fourth-order valence-corrected chi connectivity index (χ4v) is 4.05. The molecule has 10 nitrogen and oxygen atoms in total. The molecule has 3 aromatic rings. The first-order valence-electron chi connectivity index (χ1n) is 10.0. The van der Waals surface area contributed by atoms with E-state index in [1.54, 1.807) is 30.3 Å². The van der Waals surface area contributed by atoms with Crippen LogP contribution in [0.3, 0.4) is 0 Å². The molecule has 3 N–H and O–H groups in total. The molecule has 1 fully saturated rings. The molecule has 0 spiro atoms. The van der Waals surface area contributed by atoms with Gasteiger partial charge in [-0.2, -0.15) is 0 Å². The molecule has 1 aliphatic rings. The lowest BCUT2D eigenvalue weighted by Gasteiger charge is -2.12. The van der Waals surface area contributed by atoms with Crippen molar-refractivity contribution in [1.82, 2.24) is 4.90 Å². The first-order chi connectivity index (χ1) is 16.7. The van der Waals surface area contributed by atoms with E-state index in [-0.39, 0.29) is 33.1 Å². The Balaban J connectivity index is 1.51. The number of aromatic carboxylic acids is 2. The third-order valence-electron chi connectivity index (χ3n) is 4.84. The van der Waals surface area contributed by atoms with E-state index in [2.05, 4.69) is 5.32 Å². The number of thioether (sulfide) groups is 1. The van der Waals surface area contributed by atoms with Crippen molar-refractivity contribution in [2.45, 2.75) is 0 Å². The number of rotatable bonds is 7. The number of furan rings is 1. The number of amides is 3. The van der Waals surface area contributed by atoms with Gasteiger partial charge in [0.05, 0.1) is 16.0 Å². The standard InChI is InChI=1S/C24H16N2O8S/c27-20(25-16-4-2-1-3-5-16)12-26-21(28)19(35-24(26)33)11-17-6-7-18(34-17)13-8-14(22(29)30)10-15(9-13)23(31)32/h1-11H,12H2,(H,25,27)(H,29,30)(H,31,32)/b19-11+. The summed E-state index contributed by atoms with van der Waals surface area (Å²) < 4.78 is 5.64. The van der Waals surface area contributed by atoms with Gasteiger partial charge >= 0.3 is 11.9 Å². The summed E-state index contributed by atoms with van der Waals surface area (Å²) in [5, 5.41) is 20.5. The van der Waals surface area contributed by atoms with E-state index >= 15 is 0 Å². The zero-order valence-electron chi connectivity index (χ0n) is 17.8. The predicted molar refractivity (Wildman–Crippen MR) is 126 cm³/mol. The SMILES string of the molecule is O=C(CN1C(=O)S/C(=C/c2ccc(-c3cc(C(=O)O)cc(C(=O)O)c3)o2)C1=O)Nc1ccccc1. The number of carboxylic acid groups (broad SMARTS) is 2. The second-order valence-corrected chi connectivity index (χ2v) is 8.29. The van der Waals surface area contributed by atoms with Crippen LogP contribution in [-0.4, -0.2) is 50.6 Å². The van der Waals surface area contributed by atoms with Crippen molar-refractivity contribution < 1.29 is 38.6 Å². The van der Waals surface area contributed by atoms with E-state index in [0.717, 1.165) is 11.0 Å². The smallest absolute Gasteiger partial charge is 0.335 e. The minimum absolute atomic E-state index is 0.0360. The van der Waals surface area contributed by atoms with Gasteiger partial charge in [-0.3, -0.25) is 19.3 Å². The molecule has 0 saturated carbocycles. The van der Waals surface area contributed by atoms with Gasteiger partial charge in [-0.25, -0.2) is 9.59 Å². The van der Waals surface area contributed by atoms with Gasteiger partial charge in [0.15, 0.2) is 0 Å². The molecular formula is C24H16N2O8S. The van der Waals surface area contributed by atoms with Gasteiger partial charge in [0.1, 0.15) is 18.1 Å². The molecule has 0 atom stereocenters. The van der Waals surface area contributed by atoms with Crippen LogP contribution in [0.25, 0.3) is 17.4 Å². The summed E-state index contributed by atoms with van der Waals surface area (Å²) in [5.74, 6) is -3.45. The minimum Gasteiger partial charge on any atom is -0.478 e. The molecule has 11 heteroatoms. The van der Waals surface area contributed by atoms with Crippen molar-refractivity contribution in [3.63, 3.8) is 0 Å². The topological polar surface area (TPSA) is 154 Å². The van der Waals surface area contributed by atoms with Crippen LogP contribution < -0.4 is 5.32 Å². The highest BCUT2D eigenvalue weighted by Gasteiger charge is 2.36. The van der Waals surface area contributed by atoms with Crippen molar-refractivity contribution in [3.05, 3.63) is 82.5 Å². The van der Waals surface area contributed by atoms with Crippen molar-refractivity contribution in [2.75, 3.05) is 11.9 Å². The Morgan fingerprint density at radius 2 is 1.60 bits per heavy atom. The monoisotopic (exact) mass is 492 g/mol. The highest BCUT2D eigenvalue weighted by molar-refractivity contribution is 8.18. The normalized spacial score (nSPS) is 14.4. The average Bonchev–Trinajstić information content (AvgIpc) is 3.39. The maximum atomic E-state index is 12.7. The summed E-state index contributed by atoms with van der Waals surface area (Å²) in [4.78, 5) is 60.8. The van der Waals surface area contributed by atoms with Crippen LogP contribution in [0.15, 0.2) is 70.0 Å². The van der Waals surface area contributed by atoms with Crippen molar-refractivity contribution >= 4 is 52.5 Å².